The van der Waals surface area contributed by atoms with E-state index >= 15 is 0 Å². The van der Waals surface area contributed by atoms with Crippen LogP contribution in [0.3, 0.4) is 0 Å². The molecule has 1 aliphatic rings. The van der Waals surface area contributed by atoms with E-state index in [-0.39, 0.29) is 23.9 Å². The van der Waals surface area contributed by atoms with Gasteiger partial charge in [-0.25, -0.2) is 0 Å². The second-order valence-corrected chi connectivity index (χ2v) is 6.10. The minimum Gasteiger partial charge on any atom is -0.463 e. The van der Waals surface area contributed by atoms with Crippen molar-refractivity contribution in [3.8, 4) is 0 Å². The van der Waals surface area contributed by atoms with Gasteiger partial charge in [-0.1, -0.05) is 33.1 Å². The Kier molecular flexibility index (Phi) is 7.03. The van der Waals surface area contributed by atoms with Crippen LogP contribution < -0.4 is 0 Å². The molecule has 0 aromatic heterocycles. The molecule has 0 bridgehead atoms. The zero-order chi connectivity index (χ0) is 15.1. The molecule has 1 saturated heterocycles. The van der Waals surface area contributed by atoms with Gasteiger partial charge in [0.25, 0.3) is 0 Å². The number of likely N-dealkylation sites (tertiary alicyclic amines) is 1. The van der Waals surface area contributed by atoms with Crippen molar-refractivity contribution in [3.63, 3.8) is 0 Å². The molecule has 0 spiro atoms. The Morgan fingerprint density at radius 2 is 2.10 bits per heavy atom. The van der Waals surface area contributed by atoms with E-state index in [2.05, 4.69) is 13.8 Å². The average Bonchev–Trinajstić information content (AvgIpc) is 2.75. The molecule has 1 heterocycles. The minimum atomic E-state index is -0.270. The van der Waals surface area contributed by atoms with E-state index in [9.17, 15) is 9.59 Å². The van der Waals surface area contributed by atoms with Gasteiger partial charge in [0, 0.05) is 19.5 Å². The predicted octanol–water partition coefficient (Wildman–Crippen LogP) is 3.00. The minimum absolute atomic E-state index is 0.102. The molecule has 0 radical (unpaired) electrons. The van der Waals surface area contributed by atoms with Crippen molar-refractivity contribution in [2.24, 2.45) is 11.8 Å². The zero-order valence-electron chi connectivity index (χ0n) is 13.4. The maximum absolute atomic E-state index is 12.0. The molecule has 0 aromatic rings. The molecular formula is C16H29NO3. The first-order valence-electron chi connectivity index (χ1n) is 7.96. The first-order valence-corrected chi connectivity index (χ1v) is 7.96. The second kappa shape index (κ2) is 8.28. The van der Waals surface area contributed by atoms with Crippen molar-refractivity contribution < 1.29 is 14.3 Å². The number of hydrogen-bond acceptors (Lipinski definition) is 3. The summed E-state index contributed by atoms with van der Waals surface area (Å²) < 4.78 is 5.21. The van der Waals surface area contributed by atoms with Gasteiger partial charge in [0.2, 0.25) is 5.91 Å². The van der Waals surface area contributed by atoms with Gasteiger partial charge in [0.05, 0.1) is 12.0 Å². The number of rotatable bonds is 8. The van der Waals surface area contributed by atoms with Crippen molar-refractivity contribution in [1.82, 2.24) is 4.90 Å². The number of hydrogen-bond donors (Lipinski definition) is 0. The summed E-state index contributed by atoms with van der Waals surface area (Å²) in [7, 11) is 0. The normalized spacial score (nSPS) is 20.6. The third kappa shape index (κ3) is 5.14. The van der Waals surface area contributed by atoms with Crippen LogP contribution in [0.15, 0.2) is 0 Å². The highest BCUT2D eigenvalue weighted by molar-refractivity contribution is 5.86. The fraction of sp³-hybridized carbons (Fsp3) is 0.875. The first kappa shape index (κ1) is 17.0. The lowest BCUT2D eigenvalue weighted by Crippen LogP contribution is -2.32. The Balaban J connectivity index is 2.48. The van der Waals surface area contributed by atoms with E-state index in [0.717, 1.165) is 19.4 Å². The van der Waals surface area contributed by atoms with Gasteiger partial charge in [0.1, 0.15) is 0 Å². The highest BCUT2D eigenvalue weighted by Crippen LogP contribution is 2.23. The van der Waals surface area contributed by atoms with E-state index in [1.807, 2.05) is 18.7 Å². The summed E-state index contributed by atoms with van der Waals surface area (Å²) in [6, 6.07) is 0. The fourth-order valence-corrected chi connectivity index (χ4v) is 2.66. The topological polar surface area (TPSA) is 46.6 Å². The summed E-state index contributed by atoms with van der Waals surface area (Å²) in [5.74, 6) is 0.162. The quantitative estimate of drug-likeness (QED) is 0.643. The van der Waals surface area contributed by atoms with Crippen LogP contribution in [-0.4, -0.2) is 36.0 Å². The second-order valence-electron chi connectivity index (χ2n) is 6.10. The number of carbonyl (C=O) groups excluding carboxylic acids is 2. The van der Waals surface area contributed by atoms with Crippen molar-refractivity contribution in [2.45, 2.75) is 65.9 Å². The fourth-order valence-electron chi connectivity index (χ4n) is 2.66. The molecule has 0 saturated carbocycles. The molecule has 116 valence electrons. The highest BCUT2D eigenvalue weighted by Gasteiger charge is 2.36. The third-order valence-electron chi connectivity index (χ3n) is 3.92. The maximum atomic E-state index is 12.0. The maximum Gasteiger partial charge on any atom is 0.311 e. The van der Waals surface area contributed by atoms with Gasteiger partial charge >= 0.3 is 5.97 Å². The van der Waals surface area contributed by atoms with Gasteiger partial charge in [-0.2, -0.15) is 0 Å². The lowest BCUT2D eigenvalue weighted by molar-refractivity contribution is -0.152. The monoisotopic (exact) mass is 283 g/mol. The van der Waals surface area contributed by atoms with E-state index in [1.54, 1.807) is 0 Å². The predicted molar refractivity (Wildman–Crippen MR) is 79.2 cm³/mol. The van der Waals surface area contributed by atoms with E-state index in [4.69, 9.17) is 4.74 Å². The SMILES string of the molecule is CCCCC(CC)CN1CC(C(=O)OC(C)C)CC1=O. The molecule has 1 fully saturated rings. The molecule has 2 atom stereocenters. The van der Waals surface area contributed by atoms with Crippen LogP contribution in [0.1, 0.15) is 59.8 Å². The van der Waals surface area contributed by atoms with Crippen LogP contribution in [0.2, 0.25) is 0 Å². The Labute approximate surface area is 122 Å². The van der Waals surface area contributed by atoms with Crippen molar-refractivity contribution in [3.05, 3.63) is 0 Å². The standard InChI is InChI=1S/C16H29NO3/c1-5-7-8-13(6-2)10-17-11-14(9-15(17)18)16(19)20-12(3)4/h12-14H,5-11H2,1-4H3. The molecule has 0 aromatic carbocycles. The van der Waals surface area contributed by atoms with Gasteiger partial charge in [-0.15, -0.1) is 0 Å². The number of carbonyl (C=O) groups is 2. The molecule has 1 aliphatic heterocycles. The highest BCUT2D eigenvalue weighted by atomic mass is 16.5. The van der Waals surface area contributed by atoms with Crippen LogP contribution in [0.4, 0.5) is 0 Å². The number of amides is 1. The van der Waals surface area contributed by atoms with E-state index < -0.39 is 0 Å². The smallest absolute Gasteiger partial charge is 0.311 e. The van der Waals surface area contributed by atoms with Gasteiger partial charge < -0.3 is 9.64 Å². The van der Waals surface area contributed by atoms with Crippen molar-refractivity contribution in [1.29, 1.82) is 0 Å². The molecule has 2 unspecified atom stereocenters. The first-order chi connectivity index (χ1) is 9.47. The Hall–Kier alpha value is -1.06. The number of esters is 1. The summed E-state index contributed by atoms with van der Waals surface area (Å²) in [5, 5.41) is 0. The summed E-state index contributed by atoms with van der Waals surface area (Å²) in [4.78, 5) is 25.7. The number of ether oxygens (including phenoxy) is 1. The molecule has 20 heavy (non-hydrogen) atoms. The summed E-state index contributed by atoms with van der Waals surface area (Å²) in [6.45, 7) is 9.36. The molecule has 1 amide bonds. The van der Waals surface area contributed by atoms with Gasteiger partial charge in [0.15, 0.2) is 0 Å². The summed E-state index contributed by atoms with van der Waals surface area (Å²) in [6.07, 6.45) is 4.85. The Morgan fingerprint density at radius 1 is 1.40 bits per heavy atom. The van der Waals surface area contributed by atoms with Crippen LogP contribution in [0, 0.1) is 11.8 Å². The molecule has 0 aliphatic carbocycles. The molecule has 4 heteroatoms. The van der Waals surface area contributed by atoms with Crippen LogP contribution in [0.5, 0.6) is 0 Å². The summed E-state index contributed by atoms with van der Waals surface area (Å²) in [5.41, 5.74) is 0. The van der Waals surface area contributed by atoms with Crippen LogP contribution >= 0.6 is 0 Å². The van der Waals surface area contributed by atoms with E-state index in [1.165, 1.54) is 12.8 Å². The van der Waals surface area contributed by atoms with Gasteiger partial charge in [-0.3, -0.25) is 9.59 Å². The van der Waals surface area contributed by atoms with E-state index in [0.29, 0.717) is 18.9 Å². The lowest BCUT2D eigenvalue weighted by Gasteiger charge is -2.23. The van der Waals surface area contributed by atoms with Crippen LogP contribution in [0.25, 0.3) is 0 Å². The number of nitrogens with zero attached hydrogens (tertiary/aromatic N) is 1. The lowest BCUT2D eigenvalue weighted by atomic mass is 9.99. The Morgan fingerprint density at radius 3 is 2.65 bits per heavy atom. The molecule has 0 N–H and O–H groups in total. The zero-order valence-corrected chi connectivity index (χ0v) is 13.4. The van der Waals surface area contributed by atoms with Crippen LogP contribution in [-0.2, 0) is 14.3 Å². The van der Waals surface area contributed by atoms with Gasteiger partial charge in [-0.05, 0) is 26.2 Å². The Bertz CT molecular complexity index is 328. The number of unbranched alkanes of at least 4 members (excludes halogenated alkanes) is 1. The largest absolute Gasteiger partial charge is 0.463 e. The molecule has 4 nitrogen and oxygen atoms in total. The average molecular weight is 283 g/mol. The van der Waals surface area contributed by atoms with Crippen molar-refractivity contribution >= 4 is 11.9 Å². The molecule has 1 rings (SSSR count). The van der Waals surface area contributed by atoms with Crippen molar-refractivity contribution in [2.75, 3.05) is 13.1 Å². The summed E-state index contributed by atoms with van der Waals surface area (Å²) >= 11 is 0. The molecular weight excluding hydrogens is 254 g/mol. The third-order valence-corrected chi connectivity index (χ3v) is 3.92.